The van der Waals surface area contributed by atoms with Crippen LogP contribution in [0.15, 0.2) is 0 Å². The van der Waals surface area contributed by atoms with E-state index < -0.39 is 0 Å². The molecule has 0 saturated carbocycles. The molecule has 1 atom stereocenters. The van der Waals surface area contributed by atoms with Crippen molar-refractivity contribution in [3.8, 4) is 0 Å². The largest absolute Gasteiger partial charge is 0.371 e. The summed E-state index contributed by atoms with van der Waals surface area (Å²) < 4.78 is 4.28. The Labute approximate surface area is 119 Å². The molecule has 1 unspecified atom stereocenters. The summed E-state index contributed by atoms with van der Waals surface area (Å²) in [6.45, 7) is 9.12. The van der Waals surface area contributed by atoms with E-state index in [9.17, 15) is 4.79 Å². The van der Waals surface area contributed by atoms with Crippen molar-refractivity contribution in [2.45, 2.75) is 46.1 Å². The number of likely N-dealkylation sites (tertiary alicyclic amines) is 1. The van der Waals surface area contributed by atoms with Gasteiger partial charge in [0.2, 0.25) is 0 Å². The van der Waals surface area contributed by atoms with Crippen molar-refractivity contribution < 1.29 is 4.79 Å². The monoisotopic (exact) mass is 281 g/mol. The molecule has 1 aliphatic rings. The summed E-state index contributed by atoms with van der Waals surface area (Å²) in [7, 11) is 0. The van der Waals surface area contributed by atoms with E-state index in [0.29, 0.717) is 6.04 Å². The summed E-state index contributed by atoms with van der Waals surface area (Å²) in [5.41, 5.74) is 1.60. The number of hydrogen-bond acceptors (Lipinski definition) is 5. The van der Waals surface area contributed by atoms with E-state index in [4.69, 9.17) is 0 Å². The molecule has 1 aliphatic heterocycles. The maximum absolute atomic E-state index is 11.6. The first-order chi connectivity index (χ1) is 9.08. The molecule has 0 aliphatic carbocycles. The highest BCUT2D eigenvalue weighted by Gasteiger charge is 2.18. The van der Waals surface area contributed by atoms with Crippen LogP contribution < -0.4 is 5.32 Å². The van der Waals surface area contributed by atoms with Gasteiger partial charge in [-0.3, -0.25) is 4.79 Å². The number of hydrogen-bond donors (Lipinski definition) is 1. The van der Waals surface area contributed by atoms with E-state index in [1.165, 1.54) is 43.9 Å². The van der Waals surface area contributed by atoms with Gasteiger partial charge in [-0.1, -0.05) is 6.42 Å². The highest BCUT2D eigenvalue weighted by molar-refractivity contribution is 7.10. The zero-order valence-electron chi connectivity index (χ0n) is 12.0. The first kappa shape index (κ1) is 14.5. The molecule has 19 heavy (non-hydrogen) atoms. The lowest BCUT2D eigenvalue weighted by atomic mass is 10.1. The van der Waals surface area contributed by atoms with Crippen molar-refractivity contribution in [2.75, 3.05) is 25.0 Å². The van der Waals surface area contributed by atoms with Gasteiger partial charge in [0.1, 0.15) is 5.00 Å². The molecular weight excluding hydrogens is 258 g/mol. The number of nitrogens with one attached hydrogen (secondary N) is 1. The predicted molar refractivity (Wildman–Crippen MR) is 80.2 cm³/mol. The molecule has 0 aromatic carbocycles. The Hall–Kier alpha value is -0.940. The first-order valence-electron chi connectivity index (χ1n) is 7.04. The van der Waals surface area contributed by atoms with E-state index in [1.54, 1.807) is 6.92 Å². The molecule has 2 heterocycles. The van der Waals surface area contributed by atoms with Crippen LogP contribution in [0.3, 0.4) is 0 Å². The predicted octanol–water partition coefficient (Wildman–Crippen LogP) is 2.94. The van der Waals surface area contributed by atoms with Crippen molar-refractivity contribution in [3.63, 3.8) is 0 Å². The summed E-state index contributed by atoms with van der Waals surface area (Å²) in [6, 6.07) is 0.344. The van der Waals surface area contributed by atoms with Crippen LogP contribution in [-0.4, -0.2) is 40.7 Å². The highest BCUT2D eigenvalue weighted by atomic mass is 32.1. The van der Waals surface area contributed by atoms with E-state index in [1.807, 2.05) is 6.92 Å². The fourth-order valence-corrected chi connectivity index (χ4v) is 3.64. The summed E-state index contributed by atoms with van der Waals surface area (Å²) in [5.74, 6) is 0.0962. The van der Waals surface area contributed by atoms with Gasteiger partial charge in [0.25, 0.3) is 0 Å². The van der Waals surface area contributed by atoms with Gasteiger partial charge in [-0.05, 0) is 58.2 Å². The van der Waals surface area contributed by atoms with Gasteiger partial charge in [0.05, 0.1) is 11.3 Å². The minimum Gasteiger partial charge on any atom is -0.371 e. The number of ketones is 1. The number of aryl methyl sites for hydroxylation is 1. The minimum absolute atomic E-state index is 0.0962. The van der Waals surface area contributed by atoms with Gasteiger partial charge >= 0.3 is 0 Å². The van der Waals surface area contributed by atoms with Crippen molar-refractivity contribution in [2.24, 2.45) is 0 Å². The average molecular weight is 281 g/mol. The quantitative estimate of drug-likeness (QED) is 0.843. The summed E-state index contributed by atoms with van der Waals surface area (Å²) in [6.07, 6.45) is 3.98. The maximum Gasteiger partial charge on any atom is 0.164 e. The van der Waals surface area contributed by atoms with Crippen molar-refractivity contribution >= 4 is 22.3 Å². The Kier molecular flexibility index (Phi) is 4.93. The van der Waals surface area contributed by atoms with Crippen molar-refractivity contribution in [1.82, 2.24) is 9.27 Å². The number of rotatable bonds is 5. The molecule has 2 rings (SSSR count). The second-order valence-electron chi connectivity index (χ2n) is 5.43. The Bertz CT molecular complexity index is 438. The Morgan fingerprint density at radius 2 is 2.11 bits per heavy atom. The third kappa shape index (κ3) is 3.76. The molecule has 0 bridgehead atoms. The molecule has 4 nitrogen and oxygen atoms in total. The lowest BCUT2D eigenvalue weighted by molar-refractivity contribution is 0.101. The van der Waals surface area contributed by atoms with Crippen LogP contribution in [0.4, 0.5) is 5.00 Å². The number of Topliss-reactive ketones (excluding diaryl/α,β-unsaturated/α-hetero) is 1. The molecule has 1 N–H and O–H groups in total. The van der Waals surface area contributed by atoms with Crippen LogP contribution in [0.1, 0.15) is 49.2 Å². The second kappa shape index (κ2) is 6.48. The standard InChI is InChI=1S/C14H23N3OS/c1-10(9-17-7-5-4-6-8-17)15-14-13(12(3)18)11(2)16-19-14/h10,15H,4-9H2,1-3H3. The molecule has 1 aromatic rings. The van der Waals surface area contributed by atoms with Gasteiger partial charge in [-0.2, -0.15) is 4.37 Å². The van der Waals surface area contributed by atoms with Crippen molar-refractivity contribution in [1.29, 1.82) is 0 Å². The zero-order valence-corrected chi connectivity index (χ0v) is 12.8. The molecule has 5 heteroatoms. The van der Waals surface area contributed by atoms with Crippen LogP contribution in [0, 0.1) is 6.92 Å². The van der Waals surface area contributed by atoms with Crippen molar-refractivity contribution in [3.05, 3.63) is 11.3 Å². The van der Waals surface area contributed by atoms with E-state index in [2.05, 4.69) is 21.5 Å². The third-order valence-corrected chi connectivity index (χ3v) is 4.44. The van der Waals surface area contributed by atoms with Gasteiger partial charge in [0, 0.05) is 12.6 Å². The number of carbonyl (C=O) groups is 1. The number of nitrogens with zero attached hydrogens (tertiary/aromatic N) is 2. The van der Waals surface area contributed by atoms with Crippen LogP contribution >= 0.6 is 11.5 Å². The van der Waals surface area contributed by atoms with Crippen LogP contribution in [0.5, 0.6) is 0 Å². The number of aromatic nitrogens is 1. The Morgan fingerprint density at radius 1 is 1.42 bits per heavy atom. The molecule has 1 fully saturated rings. The fraction of sp³-hybridized carbons (Fsp3) is 0.714. The molecular formula is C14H23N3OS. The van der Waals surface area contributed by atoms with Crippen LogP contribution in [0.25, 0.3) is 0 Å². The number of carbonyl (C=O) groups excluding carboxylic acids is 1. The van der Waals surface area contributed by atoms with Gasteiger partial charge in [0.15, 0.2) is 5.78 Å². The lowest BCUT2D eigenvalue weighted by Crippen LogP contribution is -2.38. The third-order valence-electron chi connectivity index (χ3n) is 3.57. The summed E-state index contributed by atoms with van der Waals surface area (Å²) >= 11 is 1.39. The Morgan fingerprint density at radius 3 is 2.74 bits per heavy atom. The van der Waals surface area contributed by atoms with E-state index >= 15 is 0 Å². The Balaban J connectivity index is 1.94. The molecule has 0 radical (unpaired) electrons. The SMILES string of the molecule is CC(=O)c1c(C)nsc1NC(C)CN1CCCCC1. The molecule has 0 amide bonds. The topological polar surface area (TPSA) is 45.2 Å². The molecule has 0 spiro atoms. The lowest BCUT2D eigenvalue weighted by Gasteiger charge is -2.29. The maximum atomic E-state index is 11.6. The zero-order chi connectivity index (χ0) is 13.8. The second-order valence-corrected chi connectivity index (χ2v) is 6.21. The van der Waals surface area contributed by atoms with Crippen LogP contribution in [-0.2, 0) is 0 Å². The molecule has 1 saturated heterocycles. The van der Waals surface area contributed by atoms with E-state index in [-0.39, 0.29) is 5.78 Å². The average Bonchev–Trinajstić information content (AvgIpc) is 2.71. The number of anilines is 1. The van der Waals surface area contributed by atoms with Gasteiger partial charge in [-0.25, -0.2) is 0 Å². The van der Waals surface area contributed by atoms with Gasteiger partial charge < -0.3 is 10.2 Å². The van der Waals surface area contributed by atoms with Gasteiger partial charge in [-0.15, -0.1) is 0 Å². The van der Waals surface area contributed by atoms with Crippen LogP contribution in [0.2, 0.25) is 0 Å². The summed E-state index contributed by atoms with van der Waals surface area (Å²) in [4.78, 5) is 14.1. The van der Waals surface area contributed by atoms with E-state index in [0.717, 1.165) is 22.8 Å². The minimum atomic E-state index is 0.0962. The first-order valence-corrected chi connectivity index (χ1v) is 7.81. The highest BCUT2D eigenvalue weighted by Crippen LogP contribution is 2.25. The summed E-state index contributed by atoms with van der Waals surface area (Å²) in [5, 5.41) is 4.38. The fourth-order valence-electron chi connectivity index (χ4n) is 2.68. The molecule has 106 valence electrons. The normalized spacial score (nSPS) is 18.3. The smallest absolute Gasteiger partial charge is 0.164 e. The molecule has 1 aromatic heterocycles. The number of piperidine rings is 1.